The quantitative estimate of drug-likeness (QED) is 0.325. The molecule has 1 spiro atoms. The van der Waals surface area contributed by atoms with Crippen LogP contribution in [-0.4, -0.2) is 0 Å². The zero-order valence-electron chi connectivity index (χ0n) is 15.4. The lowest BCUT2D eigenvalue weighted by atomic mass is 9.73. The van der Waals surface area contributed by atoms with Crippen molar-refractivity contribution in [2.75, 3.05) is 0 Å². The number of hydrogen-bond acceptors (Lipinski definition) is 1. The lowest BCUT2D eigenvalue weighted by Crippen LogP contribution is -2.38. The van der Waals surface area contributed by atoms with Gasteiger partial charge < -0.3 is 4.74 Å². The van der Waals surface area contributed by atoms with Gasteiger partial charge in [0.15, 0.2) is 0 Å². The van der Waals surface area contributed by atoms with Crippen molar-refractivity contribution in [2.45, 2.75) is 37.7 Å². The van der Waals surface area contributed by atoms with Gasteiger partial charge in [-0.3, -0.25) is 0 Å². The van der Waals surface area contributed by atoms with Gasteiger partial charge in [0, 0.05) is 16.7 Å². The smallest absolute Gasteiger partial charge is 0.135 e. The van der Waals surface area contributed by atoms with Crippen LogP contribution in [0.25, 0.3) is 32.7 Å². The lowest BCUT2D eigenvalue weighted by Gasteiger charge is -2.43. The van der Waals surface area contributed by atoms with Gasteiger partial charge in [0.2, 0.25) is 0 Å². The monoisotopic (exact) mass is 350 g/mol. The molecular formula is C26H22O. The Bertz CT molecular complexity index is 1180. The van der Waals surface area contributed by atoms with Crippen LogP contribution in [0.1, 0.15) is 37.7 Å². The van der Waals surface area contributed by atoms with E-state index >= 15 is 0 Å². The Morgan fingerprint density at radius 3 is 1.96 bits per heavy atom. The Morgan fingerprint density at radius 2 is 1.22 bits per heavy atom. The first-order valence-electron chi connectivity index (χ1n) is 10.1. The van der Waals surface area contributed by atoms with Gasteiger partial charge in [-0.25, -0.2) is 0 Å². The zero-order valence-corrected chi connectivity index (χ0v) is 15.4. The third-order valence-electron chi connectivity index (χ3n) is 6.53. The minimum Gasteiger partial charge on any atom is -0.482 e. The molecule has 0 aromatic heterocycles. The van der Waals surface area contributed by atoms with Crippen molar-refractivity contribution in [3.63, 3.8) is 0 Å². The molecule has 0 atom stereocenters. The molecule has 1 nitrogen and oxygen atoms in total. The fraction of sp³-hybridized carbons (Fsp3) is 0.231. The van der Waals surface area contributed by atoms with E-state index < -0.39 is 0 Å². The Labute approximate surface area is 159 Å². The van der Waals surface area contributed by atoms with E-state index in [1.54, 1.807) is 0 Å². The highest BCUT2D eigenvalue weighted by Crippen LogP contribution is 2.54. The number of ether oxygens (including phenoxy) is 1. The zero-order chi connectivity index (χ0) is 17.8. The van der Waals surface area contributed by atoms with Gasteiger partial charge in [-0.2, -0.15) is 0 Å². The van der Waals surface area contributed by atoms with Crippen molar-refractivity contribution in [1.82, 2.24) is 0 Å². The Morgan fingerprint density at radius 1 is 0.593 bits per heavy atom. The average molecular weight is 350 g/mol. The van der Waals surface area contributed by atoms with E-state index in [0.29, 0.717) is 0 Å². The van der Waals surface area contributed by atoms with E-state index in [1.807, 2.05) is 0 Å². The molecular weight excluding hydrogens is 328 g/mol. The first-order valence-corrected chi connectivity index (χ1v) is 10.1. The summed E-state index contributed by atoms with van der Waals surface area (Å²) in [4.78, 5) is 0. The van der Waals surface area contributed by atoms with Crippen LogP contribution in [0.5, 0.6) is 5.75 Å². The van der Waals surface area contributed by atoms with E-state index in [1.165, 1.54) is 57.5 Å². The van der Waals surface area contributed by atoms with Crippen molar-refractivity contribution < 1.29 is 4.74 Å². The number of benzene rings is 4. The second-order valence-corrected chi connectivity index (χ2v) is 8.03. The molecule has 0 radical (unpaired) electrons. The molecule has 1 heteroatoms. The number of hydrogen-bond donors (Lipinski definition) is 0. The fourth-order valence-corrected chi connectivity index (χ4v) is 5.27. The Kier molecular flexibility index (Phi) is 3.17. The Hall–Kier alpha value is -2.80. The maximum Gasteiger partial charge on any atom is 0.135 e. The summed E-state index contributed by atoms with van der Waals surface area (Å²) in [5.41, 5.74) is 3.90. The minimum atomic E-state index is -0.160. The first-order chi connectivity index (χ1) is 13.4. The predicted octanol–water partition coefficient (Wildman–Crippen LogP) is 7.21. The summed E-state index contributed by atoms with van der Waals surface area (Å²) in [5.74, 6) is 1.06. The van der Waals surface area contributed by atoms with Gasteiger partial charge in [0.05, 0.1) is 0 Å². The molecule has 0 bridgehead atoms. The lowest BCUT2D eigenvalue weighted by molar-refractivity contribution is 0.0243. The van der Waals surface area contributed by atoms with Crippen LogP contribution < -0.4 is 4.74 Å². The summed E-state index contributed by atoms with van der Waals surface area (Å²) in [5, 5.41) is 5.22. The van der Waals surface area contributed by atoms with Crippen LogP contribution in [0.4, 0.5) is 0 Å². The third kappa shape index (κ3) is 2.12. The van der Waals surface area contributed by atoms with E-state index in [-0.39, 0.29) is 5.60 Å². The van der Waals surface area contributed by atoms with E-state index in [2.05, 4.69) is 72.8 Å². The van der Waals surface area contributed by atoms with Gasteiger partial charge in [0.25, 0.3) is 0 Å². The van der Waals surface area contributed by atoms with Crippen molar-refractivity contribution >= 4 is 21.5 Å². The summed E-state index contributed by atoms with van der Waals surface area (Å²) in [6, 6.07) is 26.5. The molecule has 1 heterocycles. The number of fused-ring (bicyclic) bond motifs is 8. The third-order valence-corrected chi connectivity index (χ3v) is 6.53. The van der Waals surface area contributed by atoms with Crippen molar-refractivity contribution in [3.8, 4) is 16.9 Å². The highest BCUT2D eigenvalue weighted by atomic mass is 16.5. The maximum atomic E-state index is 6.84. The van der Waals surface area contributed by atoms with E-state index in [0.717, 1.165) is 18.6 Å². The molecule has 0 unspecified atom stereocenters. The minimum absolute atomic E-state index is 0.160. The van der Waals surface area contributed by atoms with Crippen LogP contribution in [0.2, 0.25) is 0 Å². The maximum absolute atomic E-state index is 6.84. The largest absolute Gasteiger partial charge is 0.482 e. The summed E-state index contributed by atoms with van der Waals surface area (Å²) in [6.45, 7) is 0. The van der Waals surface area contributed by atoms with Gasteiger partial charge in [-0.05, 0) is 53.3 Å². The van der Waals surface area contributed by atoms with E-state index in [9.17, 15) is 0 Å². The van der Waals surface area contributed by atoms with Crippen molar-refractivity contribution in [2.24, 2.45) is 0 Å². The van der Waals surface area contributed by atoms with E-state index in [4.69, 9.17) is 4.74 Å². The average Bonchev–Trinajstić information content (AvgIpc) is 2.74. The van der Waals surface area contributed by atoms with Crippen LogP contribution in [-0.2, 0) is 5.60 Å². The molecule has 0 N–H and O–H groups in total. The molecule has 1 saturated carbocycles. The number of rotatable bonds is 0. The summed E-state index contributed by atoms with van der Waals surface area (Å²) in [7, 11) is 0. The van der Waals surface area contributed by atoms with Crippen LogP contribution in [0, 0.1) is 0 Å². The second-order valence-electron chi connectivity index (χ2n) is 8.03. The molecule has 4 aromatic carbocycles. The fourth-order valence-electron chi connectivity index (χ4n) is 5.27. The molecule has 132 valence electrons. The second kappa shape index (κ2) is 5.60. The summed E-state index contributed by atoms with van der Waals surface area (Å²) < 4.78 is 6.84. The topological polar surface area (TPSA) is 9.23 Å². The predicted molar refractivity (Wildman–Crippen MR) is 112 cm³/mol. The highest BCUT2D eigenvalue weighted by molar-refractivity contribution is 6.09. The standard InChI is InChI=1S/C26H22O/c1-6-16-26(17-7-1)22-14-12-18-8-2-4-10-20(18)24(22)25-21-11-5-3-9-19(21)13-15-23(25)27-26/h2-5,8-15H,1,6-7,16-17H2. The van der Waals surface area contributed by atoms with Gasteiger partial charge in [-0.1, -0.05) is 73.2 Å². The molecule has 2 aliphatic rings. The van der Waals surface area contributed by atoms with Crippen LogP contribution in [0.3, 0.4) is 0 Å². The van der Waals surface area contributed by atoms with Crippen molar-refractivity contribution in [3.05, 3.63) is 78.4 Å². The Balaban J connectivity index is 1.78. The molecule has 0 saturated heterocycles. The normalized spacial score (nSPS) is 17.5. The molecule has 1 aliphatic carbocycles. The van der Waals surface area contributed by atoms with Crippen molar-refractivity contribution in [1.29, 1.82) is 0 Å². The van der Waals surface area contributed by atoms with Crippen LogP contribution in [0.15, 0.2) is 72.8 Å². The first kappa shape index (κ1) is 15.3. The molecule has 4 aromatic rings. The molecule has 27 heavy (non-hydrogen) atoms. The van der Waals surface area contributed by atoms with Crippen LogP contribution >= 0.6 is 0 Å². The van der Waals surface area contributed by atoms with Gasteiger partial charge in [0.1, 0.15) is 11.4 Å². The summed E-state index contributed by atoms with van der Waals surface area (Å²) in [6.07, 6.45) is 6.04. The molecule has 0 amide bonds. The molecule has 1 fully saturated rings. The SMILES string of the molecule is c1ccc2c3c(ccc2c1)OC1(CCCCC1)c1ccc2ccccc2c1-3. The molecule has 6 rings (SSSR count). The van der Waals surface area contributed by atoms with Gasteiger partial charge in [-0.15, -0.1) is 0 Å². The molecule has 1 aliphatic heterocycles. The highest BCUT2D eigenvalue weighted by Gasteiger charge is 2.42. The summed E-state index contributed by atoms with van der Waals surface area (Å²) >= 11 is 0. The van der Waals surface area contributed by atoms with Gasteiger partial charge >= 0.3 is 0 Å².